The number of piperidine rings is 1. The lowest BCUT2D eigenvalue weighted by atomic mass is 9.98. The Morgan fingerprint density at radius 1 is 1.61 bits per heavy atom. The van der Waals surface area contributed by atoms with Gasteiger partial charge in [0.15, 0.2) is 0 Å². The third kappa shape index (κ3) is 3.32. The Kier molecular flexibility index (Phi) is 4.36. The minimum Gasteiger partial charge on any atom is -0.481 e. The van der Waals surface area contributed by atoms with Crippen LogP contribution in [0.3, 0.4) is 0 Å². The summed E-state index contributed by atoms with van der Waals surface area (Å²) in [7, 11) is 0. The Morgan fingerprint density at radius 3 is 3.17 bits per heavy atom. The van der Waals surface area contributed by atoms with E-state index < -0.39 is 5.97 Å². The Hall–Kier alpha value is -1.36. The maximum Gasteiger partial charge on any atom is 0.307 e. The van der Waals surface area contributed by atoms with Crippen LogP contribution < -0.4 is 0 Å². The monoisotopic (exact) mass is 251 g/mol. The first kappa shape index (κ1) is 13.1. The molecule has 1 saturated heterocycles. The van der Waals surface area contributed by atoms with Crippen LogP contribution in [0.1, 0.15) is 31.7 Å². The summed E-state index contributed by atoms with van der Waals surface area (Å²) < 4.78 is 1.95. The smallest absolute Gasteiger partial charge is 0.307 e. The third-order valence-corrected chi connectivity index (χ3v) is 3.40. The average Bonchev–Trinajstić information content (AvgIpc) is 2.77. The first-order chi connectivity index (χ1) is 8.69. The van der Waals surface area contributed by atoms with E-state index >= 15 is 0 Å². The fraction of sp³-hybridized carbons (Fsp3) is 0.692. The largest absolute Gasteiger partial charge is 0.481 e. The van der Waals surface area contributed by atoms with Crippen LogP contribution in [0.15, 0.2) is 12.4 Å². The molecule has 2 rings (SSSR count). The normalized spacial score (nSPS) is 21.1. The predicted molar refractivity (Wildman–Crippen MR) is 68.2 cm³/mol. The van der Waals surface area contributed by atoms with Gasteiger partial charge in [0.25, 0.3) is 0 Å². The van der Waals surface area contributed by atoms with Crippen LogP contribution in [0.25, 0.3) is 0 Å². The fourth-order valence-electron chi connectivity index (χ4n) is 2.50. The number of aryl methyl sites for hydroxylation is 1. The van der Waals surface area contributed by atoms with Gasteiger partial charge in [-0.3, -0.25) is 14.4 Å². The van der Waals surface area contributed by atoms with Crippen molar-refractivity contribution in [2.24, 2.45) is 5.92 Å². The summed E-state index contributed by atoms with van der Waals surface area (Å²) >= 11 is 0. The van der Waals surface area contributed by atoms with Crippen molar-refractivity contribution in [2.75, 3.05) is 13.1 Å². The van der Waals surface area contributed by atoms with Crippen LogP contribution in [0.2, 0.25) is 0 Å². The third-order valence-electron chi connectivity index (χ3n) is 3.40. The van der Waals surface area contributed by atoms with Gasteiger partial charge in [0.05, 0.1) is 12.1 Å². The molecule has 1 aliphatic rings. The van der Waals surface area contributed by atoms with Gasteiger partial charge in [-0.2, -0.15) is 5.10 Å². The van der Waals surface area contributed by atoms with Crippen LogP contribution in [0, 0.1) is 5.92 Å². The second-order valence-corrected chi connectivity index (χ2v) is 5.02. The summed E-state index contributed by atoms with van der Waals surface area (Å²) in [5.74, 6) is -0.870. The average molecular weight is 251 g/mol. The zero-order valence-electron chi connectivity index (χ0n) is 10.9. The molecule has 1 unspecified atom stereocenters. The number of aromatic nitrogens is 2. The highest BCUT2D eigenvalue weighted by atomic mass is 16.4. The molecule has 1 aromatic rings. The highest BCUT2D eigenvalue weighted by Crippen LogP contribution is 2.18. The van der Waals surface area contributed by atoms with Crippen molar-refractivity contribution in [3.05, 3.63) is 18.0 Å². The van der Waals surface area contributed by atoms with E-state index in [2.05, 4.69) is 23.1 Å². The number of likely N-dealkylation sites (tertiary alicyclic amines) is 1. The number of aliphatic carboxylic acids is 1. The van der Waals surface area contributed by atoms with E-state index in [1.807, 2.05) is 10.9 Å². The standard InChI is InChI=1S/C13H21N3O2/c1-2-5-16-9-11(7-14-16)8-15-6-3-4-12(10-15)13(17)18/h7,9,12H,2-6,8,10H2,1H3,(H,17,18). The highest BCUT2D eigenvalue weighted by Gasteiger charge is 2.25. The van der Waals surface area contributed by atoms with Crippen molar-refractivity contribution in [3.63, 3.8) is 0 Å². The number of carboxylic acids is 1. The summed E-state index contributed by atoms with van der Waals surface area (Å²) in [5, 5.41) is 13.4. The van der Waals surface area contributed by atoms with E-state index in [9.17, 15) is 4.79 Å². The summed E-state index contributed by atoms with van der Waals surface area (Å²) in [4.78, 5) is 13.2. The van der Waals surface area contributed by atoms with Gasteiger partial charge in [-0.25, -0.2) is 0 Å². The molecule has 18 heavy (non-hydrogen) atoms. The van der Waals surface area contributed by atoms with E-state index in [1.165, 1.54) is 5.56 Å². The fourth-order valence-corrected chi connectivity index (χ4v) is 2.50. The molecular formula is C13H21N3O2. The lowest BCUT2D eigenvalue weighted by Gasteiger charge is -2.30. The summed E-state index contributed by atoms with van der Waals surface area (Å²) in [5.41, 5.74) is 1.18. The Morgan fingerprint density at radius 2 is 2.44 bits per heavy atom. The lowest BCUT2D eigenvalue weighted by molar-refractivity contribution is -0.143. The van der Waals surface area contributed by atoms with Gasteiger partial charge < -0.3 is 5.11 Å². The molecule has 1 N–H and O–H groups in total. The van der Waals surface area contributed by atoms with Gasteiger partial charge in [0.2, 0.25) is 0 Å². The molecule has 0 spiro atoms. The van der Waals surface area contributed by atoms with Crippen LogP contribution >= 0.6 is 0 Å². The maximum atomic E-state index is 11.0. The topological polar surface area (TPSA) is 58.4 Å². The van der Waals surface area contributed by atoms with Crippen LogP contribution in [-0.4, -0.2) is 38.8 Å². The summed E-state index contributed by atoms with van der Waals surface area (Å²) in [6, 6.07) is 0. The Bertz CT molecular complexity index is 403. The zero-order valence-corrected chi connectivity index (χ0v) is 10.9. The maximum absolute atomic E-state index is 11.0. The van der Waals surface area contributed by atoms with Gasteiger partial charge >= 0.3 is 5.97 Å². The second-order valence-electron chi connectivity index (χ2n) is 5.02. The van der Waals surface area contributed by atoms with Gasteiger partial charge in [-0.1, -0.05) is 6.92 Å². The molecule has 5 heteroatoms. The Labute approximate surface area is 107 Å². The summed E-state index contributed by atoms with van der Waals surface area (Å²) in [6.07, 6.45) is 6.81. The number of carbonyl (C=O) groups is 1. The SMILES string of the molecule is CCCn1cc(CN2CCCC(C(=O)O)C2)cn1. The zero-order chi connectivity index (χ0) is 13.0. The van der Waals surface area contributed by atoms with Crippen molar-refractivity contribution < 1.29 is 9.90 Å². The van der Waals surface area contributed by atoms with Crippen LogP contribution in [0.4, 0.5) is 0 Å². The molecule has 2 heterocycles. The highest BCUT2D eigenvalue weighted by molar-refractivity contribution is 5.70. The molecule has 1 atom stereocenters. The van der Waals surface area contributed by atoms with Gasteiger partial charge in [-0.05, 0) is 25.8 Å². The van der Waals surface area contributed by atoms with E-state index in [0.717, 1.165) is 38.9 Å². The molecule has 0 amide bonds. The minimum atomic E-state index is -0.665. The van der Waals surface area contributed by atoms with Gasteiger partial charge in [0.1, 0.15) is 0 Å². The molecule has 0 bridgehead atoms. The molecular weight excluding hydrogens is 230 g/mol. The van der Waals surface area contributed by atoms with Crippen molar-refractivity contribution in [1.82, 2.24) is 14.7 Å². The molecule has 0 aromatic carbocycles. The van der Waals surface area contributed by atoms with Crippen LogP contribution in [-0.2, 0) is 17.9 Å². The number of carboxylic acid groups (broad SMARTS) is 1. The molecule has 0 radical (unpaired) electrons. The molecule has 1 aliphatic heterocycles. The molecule has 5 nitrogen and oxygen atoms in total. The van der Waals surface area contributed by atoms with E-state index in [4.69, 9.17) is 5.11 Å². The first-order valence-corrected chi connectivity index (χ1v) is 6.65. The molecule has 100 valence electrons. The van der Waals surface area contributed by atoms with E-state index in [0.29, 0.717) is 6.54 Å². The molecule has 0 saturated carbocycles. The first-order valence-electron chi connectivity index (χ1n) is 6.65. The molecule has 1 fully saturated rings. The van der Waals surface area contributed by atoms with Gasteiger partial charge in [-0.15, -0.1) is 0 Å². The number of hydrogen-bond acceptors (Lipinski definition) is 3. The number of nitrogens with zero attached hydrogens (tertiary/aromatic N) is 3. The Balaban J connectivity index is 1.89. The summed E-state index contributed by atoms with van der Waals surface area (Å²) in [6.45, 7) is 5.53. The minimum absolute atomic E-state index is 0.204. The predicted octanol–water partition coefficient (Wildman–Crippen LogP) is 1.59. The quantitative estimate of drug-likeness (QED) is 0.863. The molecule has 0 aliphatic carbocycles. The van der Waals surface area contributed by atoms with E-state index in [-0.39, 0.29) is 5.92 Å². The van der Waals surface area contributed by atoms with Crippen molar-refractivity contribution in [2.45, 2.75) is 39.3 Å². The lowest BCUT2D eigenvalue weighted by Crippen LogP contribution is -2.38. The van der Waals surface area contributed by atoms with Gasteiger partial charge in [0, 0.05) is 31.4 Å². The molecule has 1 aromatic heterocycles. The second kappa shape index (κ2) is 6.00. The van der Waals surface area contributed by atoms with Crippen molar-refractivity contribution in [3.8, 4) is 0 Å². The number of hydrogen-bond donors (Lipinski definition) is 1. The van der Waals surface area contributed by atoms with Crippen molar-refractivity contribution in [1.29, 1.82) is 0 Å². The van der Waals surface area contributed by atoms with Crippen LogP contribution in [0.5, 0.6) is 0 Å². The van der Waals surface area contributed by atoms with E-state index in [1.54, 1.807) is 0 Å². The number of rotatable bonds is 5. The van der Waals surface area contributed by atoms with Crippen molar-refractivity contribution >= 4 is 5.97 Å².